The number of rotatable bonds is 6. The number of aromatic nitrogens is 3. The van der Waals surface area contributed by atoms with Crippen LogP contribution in [0.15, 0.2) is 197 Å². The highest BCUT2D eigenvalue weighted by atomic mass is 16.3. The molecule has 3 heterocycles. The van der Waals surface area contributed by atoms with Gasteiger partial charge < -0.3 is 8.83 Å². The number of nitrogens with zero attached hydrogens (tertiary/aromatic N) is 3. The highest BCUT2D eigenvalue weighted by Gasteiger charge is 2.16. The molecule has 0 spiro atoms. The lowest BCUT2D eigenvalue weighted by Gasteiger charge is -2.10. The molecular weight excluding hydrogens is 687 g/mol. The van der Waals surface area contributed by atoms with Crippen LogP contribution in [-0.4, -0.2) is 15.0 Å². The van der Waals surface area contributed by atoms with E-state index in [-0.39, 0.29) is 0 Å². The molecule has 0 aliphatic heterocycles. The lowest BCUT2D eigenvalue weighted by atomic mass is 9.97. The van der Waals surface area contributed by atoms with E-state index in [1.807, 2.05) is 54.6 Å². The molecule has 8 aromatic carbocycles. The van der Waals surface area contributed by atoms with Crippen LogP contribution in [0.5, 0.6) is 0 Å². The Morgan fingerprint density at radius 2 is 0.607 bits per heavy atom. The van der Waals surface area contributed by atoms with Crippen molar-refractivity contribution in [2.24, 2.45) is 0 Å². The maximum Gasteiger partial charge on any atom is 0.164 e. The van der Waals surface area contributed by atoms with E-state index >= 15 is 0 Å². The van der Waals surface area contributed by atoms with Gasteiger partial charge in [-0.1, -0.05) is 152 Å². The van der Waals surface area contributed by atoms with Crippen molar-refractivity contribution in [3.05, 3.63) is 188 Å². The Morgan fingerprint density at radius 3 is 1.23 bits per heavy atom. The van der Waals surface area contributed by atoms with Crippen LogP contribution in [0.1, 0.15) is 0 Å². The monoisotopic (exact) mass is 717 g/mol. The fraction of sp³-hybridized carbons (Fsp3) is 0. The first-order valence-corrected chi connectivity index (χ1v) is 18.7. The Hall–Kier alpha value is -7.63. The molecule has 5 heteroatoms. The number of hydrogen-bond donors (Lipinski definition) is 0. The summed E-state index contributed by atoms with van der Waals surface area (Å²) in [5.74, 6) is 1.90. The normalized spacial score (nSPS) is 11.6. The Bertz CT molecular complexity index is 3220. The quantitative estimate of drug-likeness (QED) is 0.171. The van der Waals surface area contributed by atoms with E-state index in [0.29, 0.717) is 17.5 Å². The van der Waals surface area contributed by atoms with Gasteiger partial charge in [0.2, 0.25) is 0 Å². The van der Waals surface area contributed by atoms with Crippen molar-refractivity contribution in [1.29, 1.82) is 0 Å². The average Bonchev–Trinajstić information content (AvgIpc) is 3.83. The predicted octanol–water partition coefficient (Wildman–Crippen LogP) is 13.7. The van der Waals surface area contributed by atoms with Crippen LogP contribution in [0, 0.1) is 0 Å². The summed E-state index contributed by atoms with van der Waals surface area (Å²) in [4.78, 5) is 14.9. The molecule has 5 nitrogen and oxygen atoms in total. The molecule has 56 heavy (non-hydrogen) atoms. The maximum absolute atomic E-state index is 6.34. The van der Waals surface area contributed by atoms with Gasteiger partial charge in [0.05, 0.1) is 0 Å². The summed E-state index contributed by atoms with van der Waals surface area (Å²) in [6.07, 6.45) is 0. The molecule has 11 aromatic rings. The van der Waals surface area contributed by atoms with Crippen molar-refractivity contribution in [3.8, 4) is 67.5 Å². The van der Waals surface area contributed by atoms with E-state index in [2.05, 4.69) is 133 Å². The third kappa shape index (κ3) is 5.62. The zero-order valence-corrected chi connectivity index (χ0v) is 30.1. The molecule has 0 radical (unpaired) electrons. The SMILES string of the molecule is c1ccc(-c2ccc(-c3nc(-c4ccccc4)nc(-c4ccc(-c5cccc(-c6ccc7oc8cc9c(cc8c7c6)oc6ccccc69)c5)cc4)n3)cc2)cc1. The van der Waals surface area contributed by atoms with Crippen LogP contribution in [0.3, 0.4) is 0 Å². The van der Waals surface area contributed by atoms with Crippen LogP contribution in [0.25, 0.3) is 111 Å². The third-order valence-electron chi connectivity index (χ3n) is 10.6. The highest BCUT2D eigenvalue weighted by molar-refractivity contribution is 6.15. The van der Waals surface area contributed by atoms with Gasteiger partial charge in [0, 0.05) is 38.2 Å². The standard InChI is InChI=1S/C51H31N3O2/c1-3-10-32(11-4-1)33-18-22-36(23-19-33)50-52-49(35-12-5-2-6-13-35)53-51(54-50)37-24-20-34(21-25-37)38-14-9-15-39(28-38)40-26-27-46-42(29-40)44-31-47-43(30-48(44)56-46)41-16-7-8-17-45(41)55-47/h1-31H. The topological polar surface area (TPSA) is 65.0 Å². The van der Waals surface area contributed by atoms with Crippen molar-refractivity contribution in [3.63, 3.8) is 0 Å². The van der Waals surface area contributed by atoms with Crippen LogP contribution in [0.2, 0.25) is 0 Å². The van der Waals surface area contributed by atoms with Gasteiger partial charge in [-0.25, -0.2) is 15.0 Å². The fourth-order valence-electron chi connectivity index (χ4n) is 7.66. The minimum atomic E-state index is 0.627. The van der Waals surface area contributed by atoms with E-state index in [9.17, 15) is 0 Å². The predicted molar refractivity (Wildman–Crippen MR) is 227 cm³/mol. The van der Waals surface area contributed by atoms with Crippen LogP contribution < -0.4 is 0 Å². The van der Waals surface area contributed by atoms with Gasteiger partial charge in [-0.3, -0.25) is 0 Å². The van der Waals surface area contributed by atoms with Crippen LogP contribution in [0.4, 0.5) is 0 Å². The summed E-state index contributed by atoms with van der Waals surface area (Å²) in [5.41, 5.74) is 13.0. The summed E-state index contributed by atoms with van der Waals surface area (Å²) >= 11 is 0. The molecule has 0 saturated heterocycles. The minimum Gasteiger partial charge on any atom is -0.456 e. The number of hydrogen-bond acceptors (Lipinski definition) is 5. The van der Waals surface area contributed by atoms with Gasteiger partial charge in [-0.05, 0) is 69.8 Å². The van der Waals surface area contributed by atoms with Crippen LogP contribution in [-0.2, 0) is 0 Å². The molecule has 3 aromatic heterocycles. The van der Waals surface area contributed by atoms with Crippen molar-refractivity contribution in [1.82, 2.24) is 15.0 Å². The summed E-state index contributed by atoms with van der Waals surface area (Å²) in [5, 5.41) is 4.26. The highest BCUT2D eigenvalue weighted by Crippen LogP contribution is 2.39. The van der Waals surface area contributed by atoms with Gasteiger partial charge in [0.15, 0.2) is 17.5 Å². The first kappa shape index (κ1) is 31.9. The molecule has 0 amide bonds. The number of fused-ring (bicyclic) bond motifs is 6. The van der Waals surface area contributed by atoms with E-state index in [1.54, 1.807) is 0 Å². The largest absolute Gasteiger partial charge is 0.456 e. The third-order valence-corrected chi connectivity index (χ3v) is 10.6. The molecule has 0 saturated carbocycles. The van der Waals surface area contributed by atoms with Crippen molar-refractivity contribution in [2.45, 2.75) is 0 Å². The molecule has 0 aliphatic rings. The van der Waals surface area contributed by atoms with Crippen LogP contribution >= 0.6 is 0 Å². The smallest absolute Gasteiger partial charge is 0.164 e. The summed E-state index contributed by atoms with van der Waals surface area (Å²) in [6, 6.07) is 64.7. The first-order chi connectivity index (χ1) is 27.7. The Kier molecular flexibility index (Phi) is 7.42. The van der Waals surface area contributed by atoms with Gasteiger partial charge in [-0.2, -0.15) is 0 Å². The van der Waals surface area contributed by atoms with Crippen molar-refractivity contribution in [2.75, 3.05) is 0 Å². The van der Waals surface area contributed by atoms with E-state index < -0.39 is 0 Å². The molecule has 11 rings (SSSR count). The second kappa shape index (κ2) is 13.0. The Balaban J connectivity index is 0.925. The zero-order chi connectivity index (χ0) is 37.0. The lowest BCUT2D eigenvalue weighted by Crippen LogP contribution is -2.00. The summed E-state index contributed by atoms with van der Waals surface area (Å²) < 4.78 is 12.6. The van der Waals surface area contributed by atoms with E-state index in [4.69, 9.17) is 23.8 Å². The molecule has 0 atom stereocenters. The summed E-state index contributed by atoms with van der Waals surface area (Å²) in [7, 11) is 0. The second-order valence-electron chi connectivity index (χ2n) is 14.0. The van der Waals surface area contributed by atoms with Gasteiger partial charge in [0.1, 0.15) is 22.3 Å². The zero-order valence-electron chi connectivity index (χ0n) is 30.1. The van der Waals surface area contributed by atoms with Crippen molar-refractivity contribution >= 4 is 43.9 Å². The van der Waals surface area contributed by atoms with E-state index in [1.165, 1.54) is 5.56 Å². The molecule has 0 bridgehead atoms. The van der Waals surface area contributed by atoms with E-state index in [0.717, 1.165) is 88.4 Å². The molecule has 0 unspecified atom stereocenters. The van der Waals surface area contributed by atoms with Gasteiger partial charge in [-0.15, -0.1) is 0 Å². The maximum atomic E-state index is 6.34. The molecule has 0 N–H and O–H groups in total. The average molecular weight is 718 g/mol. The number of benzene rings is 8. The molecule has 0 aliphatic carbocycles. The number of para-hydroxylation sites is 1. The number of furan rings is 2. The molecule has 0 fully saturated rings. The van der Waals surface area contributed by atoms with Crippen molar-refractivity contribution < 1.29 is 8.83 Å². The Labute approximate surface area is 322 Å². The summed E-state index contributed by atoms with van der Waals surface area (Å²) in [6.45, 7) is 0. The molecule has 262 valence electrons. The Morgan fingerprint density at radius 1 is 0.232 bits per heavy atom. The second-order valence-corrected chi connectivity index (χ2v) is 14.0. The fourth-order valence-corrected chi connectivity index (χ4v) is 7.66. The van der Waals surface area contributed by atoms with Gasteiger partial charge in [0.25, 0.3) is 0 Å². The molecular formula is C51H31N3O2. The lowest BCUT2D eigenvalue weighted by molar-refractivity contribution is 0.664. The van der Waals surface area contributed by atoms with Gasteiger partial charge >= 0.3 is 0 Å². The first-order valence-electron chi connectivity index (χ1n) is 18.7. The minimum absolute atomic E-state index is 0.627.